The van der Waals surface area contributed by atoms with Crippen LogP contribution in [0.25, 0.3) is 16.6 Å². The summed E-state index contributed by atoms with van der Waals surface area (Å²) in [6.07, 6.45) is -3.21. The lowest BCUT2D eigenvalue weighted by Crippen LogP contribution is -2.44. The van der Waals surface area contributed by atoms with Gasteiger partial charge in [0.2, 0.25) is 5.88 Å². The van der Waals surface area contributed by atoms with Crippen LogP contribution in [0.4, 0.5) is 13.2 Å². The molecule has 2 aromatic heterocycles. The zero-order valence-corrected chi connectivity index (χ0v) is 19.9. The van der Waals surface area contributed by atoms with Gasteiger partial charge >= 0.3 is 12.1 Å². The number of hydrogen-bond acceptors (Lipinski definition) is 5. The van der Waals surface area contributed by atoms with E-state index in [1.54, 1.807) is 36.5 Å². The van der Waals surface area contributed by atoms with Crippen molar-refractivity contribution >= 4 is 34.4 Å². The summed E-state index contributed by atoms with van der Waals surface area (Å²) in [5.74, 6) is -1.98. The lowest BCUT2D eigenvalue weighted by molar-refractivity contribution is -0.142. The number of alkyl halides is 3. The molecule has 9 nitrogen and oxygen atoms in total. The number of aromatic nitrogens is 3. The number of aliphatic carboxylic acids is 1. The molecule has 0 unspecified atom stereocenters. The van der Waals surface area contributed by atoms with E-state index in [1.165, 1.54) is 19.2 Å². The number of amides is 1. The van der Waals surface area contributed by atoms with E-state index in [-0.39, 0.29) is 17.1 Å². The third-order valence-corrected chi connectivity index (χ3v) is 5.75. The van der Waals surface area contributed by atoms with Crippen LogP contribution in [-0.2, 0) is 22.2 Å². The first kappa shape index (κ1) is 25.9. The van der Waals surface area contributed by atoms with Gasteiger partial charge in [0.15, 0.2) is 12.3 Å². The summed E-state index contributed by atoms with van der Waals surface area (Å²) in [4.78, 5) is 27.4. The van der Waals surface area contributed by atoms with E-state index < -0.39 is 42.3 Å². The molecule has 0 saturated carbocycles. The first-order chi connectivity index (χ1) is 17.6. The molecule has 13 heteroatoms. The quantitative estimate of drug-likeness (QED) is 0.295. The molecule has 2 aromatic carbocycles. The second-order valence-corrected chi connectivity index (χ2v) is 8.31. The first-order valence-corrected chi connectivity index (χ1v) is 11.2. The van der Waals surface area contributed by atoms with Gasteiger partial charge in [0, 0.05) is 29.6 Å². The smallest absolute Gasteiger partial charge is 0.435 e. The Morgan fingerprint density at radius 2 is 1.97 bits per heavy atom. The third-order valence-electron chi connectivity index (χ3n) is 5.43. The van der Waals surface area contributed by atoms with Crippen molar-refractivity contribution in [2.75, 3.05) is 13.7 Å². The second kappa shape index (κ2) is 10.4. The number of carbonyl (C=O) groups is 2. The number of hydrogen-bond donors (Lipinski definition) is 3. The van der Waals surface area contributed by atoms with Crippen LogP contribution in [0.3, 0.4) is 0 Å². The van der Waals surface area contributed by atoms with E-state index in [2.05, 4.69) is 15.4 Å². The summed E-state index contributed by atoms with van der Waals surface area (Å²) in [7, 11) is 1.50. The minimum Gasteiger partial charge on any atom is -0.497 e. The fourth-order valence-electron chi connectivity index (χ4n) is 3.65. The lowest BCUT2D eigenvalue weighted by Gasteiger charge is -2.15. The number of nitrogens with one attached hydrogen (secondary N) is 2. The van der Waals surface area contributed by atoms with Gasteiger partial charge in [-0.25, -0.2) is 4.79 Å². The molecule has 0 aliphatic heterocycles. The second-order valence-electron chi connectivity index (χ2n) is 7.91. The Balaban J connectivity index is 1.50. The van der Waals surface area contributed by atoms with Crippen molar-refractivity contribution in [3.05, 3.63) is 71.0 Å². The van der Waals surface area contributed by atoms with Crippen molar-refractivity contribution in [3.63, 3.8) is 0 Å². The molecule has 0 bridgehead atoms. The Morgan fingerprint density at radius 3 is 2.65 bits per heavy atom. The van der Waals surface area contributed by atoms with Gasteiger partial charge in [0.05, 0.1) is 17.8 Å². The van der Waals surface area contributed by atoms with Crippen molar-refractivity contribution in [3.8, 4) is 17.3 Å². The molecule has 0 fully saturated rings. The summed E-state index contributed by atoms with van der Waals surface area (Å²) < 4.78 is 51.2. The standard InChI is InChI=1S/C24H20ClF3N4O5/c1-36-14-6-7-17-15(9-14)13(11-29-17)8-18(23(34)35)30-21(33)12-37-22-10-20(24(26,27)28)31-32(22)19-5-3-2-4-16(19)25/h2-7,9-11,18,29H,8,12H2,1H3,(H,30,33)(H,34,35)/t18-/m0/s1. The highest BCUT2D eigenvalue weighted by Crippen LogP contribution is 2.33. The van der Waals surface area contributed by atoms with Gasteiger partial charge in [-0.1, -0.05) is 23.7 Å². The monoisotopic (exact) mass is 536 g/mol. The third kappa shape index (κ3) is 5.80. The van der Waals surface area contributed by atoms with Crippen LogP contribution in [0.1, 0.15) is 11.3 Å². The number of fused-ring (bicyclic) bond motifs is 1. The molecule has 1 amide bonds. The molecule has 4 aromatic rings. The minimum absolute atomic E-state index is 0.0655. The van der Waals surface area contributed by atoms with Crippen molar-refractivity contribution in [2.45, 2.75) is 18.6 Å². The van der Waals surface area contributed by atoms with Crippen LogP contribution in [0.15, 0.2) is 54.7 Å². The molecule has 0 spiro atoms. The van der Waals surface area contributed by atoms with E-state index in [4.69, 9.17) is 21.1 Å². The molecular weight excluding hydrogens is 517 g/mol. The Morgan fingerprint density at radius 1 is 1.22 bits per heavy atom. The van der Waals surface area contributed by atoms with Crippen molar-refractivity contribution < 1.29 is 37.3 Å². The summed E-state index contributed by atoms with van der Waals surface area (Å²) in [5, 5.41) is 16.3. The molecule has 0 aliphatic rings. The number of carboxylic acids is 1. The van der Waals surface area contributed by atoms with Gasteiger partial charge in [-0.05, 0) is 35.9 Å². The van der Waals surface area contributed by atoms with Crippen LogP contribution in [0, 0.1) is 0 Å². The zero-order chi connectivity index (χ0) is 26.7. The number of benzene rings is 2. The van der Waals surface area contributed by atoms with Crippen LogP contribution in [0.2, 0.25) is 5.02 Å². The van der Waals surface area contributed by atoms with Crippen molar-refractivity contribution in [2.24, 2.45) is 0 Å². The van der Waals surface area contributed by atoms with E-state index in [1.807, 2.05) is 0 Å². The van der Waals surface area contributed by atoms with Gasteiger partial charge < -0.3 is 24.9 Å². The number of ether oxygens (including phenoxy) is 2. The average Bonchev–Trinajstić information content (AvgIpc) is 3.46. The highest BCUT2D eigenvalue weighted by molar-refractivity contribution is 6.32. The molecular formula is C24H20ClF3N4O5. The highest BCUT2D eigenvalue weighted by Gasteiger charge is 2.36. The van der Waals surface area contributed by atoms with Gasteiger partial charge in [0.25, 0.3) is 5.91 Å². The first-order valence-electron chi connectivity index (χ1n) is 10.8. The highest BCUT2D eigenvalue weighted by atomic mass is 35.5. The maximum Gasteiger partial charge on any atom is 0.435 e. The number of carboxylic acid groups (broad SMARTS) is 1. The van der Waals surface area contributed by atoms with Crippen LogP contribution >= 0.6 is 11.6 Å². The van der Waals surface area contributed by atoms with Gasteiger partial charge in [0.1, 0.15) is 11.8 Å². The molecule has 3 N–H and O–H groups in total. The fraction of sp³-hybridized carbons (Fsp3) is 0.208. The number of rotatable bonds is 9. The van der Waals surface area contributed by atoms with E-state index in [0.717, 1.165) is 15.6 Å². The fourth-order valence-corrected chi connectivity index (χ4v) is 3.87. The Hall–Kier alpha value is -4.19. The van der Waals surface area contributed by atoms with Crippen LogP contribution in [0.5, 0.6) is 11.6 Å². The molecule has 4 rings (SSSR count). The predicted molar refractivity (Wildman–Crippen MR) is 127 cm³/mol. The number of H-pyrrole nitrogens is 1. The van der Waals surface area contributed by atoms with Crippen molar-refractivity contribution in [1.29, 1.82) is 0 Å². The number of methoxy groups -OCH3 is 1. The number of halogens is 4. The SMILES string of the molecule is COc1ccc2[nH]cc(C[C@H](NC(=O)COc3cc(C(F)(F)F)nn3-c3ccccc3Cl)C(=O)O)c2c1. The number of para-hydroxylation sites is 1. The Labute approximate surface area is 212 Å². The molecule has 0 saturated heterocycles. The van der Waals surface area contributed by atoms with Gasteiger partial charge in [-0.15, -0.1) is 0 Å². The normalized spacial score (nSPS) is 12.4. The largest absolute Gasteiger partial charge is 0.497 e. The molecule has 0 radical (unpaired) electrons. The summed E-state index contributed by atoms with van der Waals surface area (Å²) >= 11 is 6.10. The zero-order valence-electron chi connectivity index (χ0n) is 19.2. The minimum atomic E-state index is -4.77. The molecule has 2 heterocycles. The number of nitrogens with zero attached hydrogens (tertiary/aromatic N) is 2. The average molecular weight is 537 g/mol. The summed E-state index contributed by atoms with van der Waals surface area (Å²) in [6, 6.07) is 10.6. The van der Waals surface area contributed by atoms with E-state index >= 15 is 0 Å². The molecule has 37 heavy (non-hydrogen) atoms. The van der Waals surface area contributed by atoms with Crippen molar-refractivity contribution in [1.82, 2.24) is 20.1 Å². The lowest BCUT2D eigenvalue weighted by atomic mass is 10.0. The molecule has 0 aliphatic carbocycles. The van der Waals surface area contributed by atoms with Crippen LogP contribution < -0.4 is 14.8 Å². The van der Waals surface area contributed by atoms with Gasteiger partial charge in [-0.2, -0.15) is 23.0 Å². The van der Waals surface area contributed by atoms with Crippen LogP contribution in [-0.4, -0.2) is 51.5 Å². The molecule has 194 valence electrons. The maximum absolute atomic E-state index is 13.3. The number of carbonyl (C=O) groups excluding carboxylic acids is 1. The predicted octanol–water partition coefficient (Wildman–Crippen LogP) is 4.23. The van der Waals surface area contributed by atoms with Gasteiger partial charge in [-0.3, -0.25) is 4.79 Å². The van der Waals surface area contributed by atoms with E-state index in [9.17, 15) is 27.9 Å². The Kier molecular flexibility index (Phi) is 7.30. The maximum atomic E-state index is 13.3. The van der Waals surface area contributed by atoms with E-state index in [0.29, 0.717) is 17.4 Å². The molecule has 1 atom stereocenters. The summed E-state index contributed by atoms with van der Waals surface area (Å²) in [6.45, 7) is -0.765. The topological polar surface area (TPSA) is 118 Å². The summed E-state index contributed by atoms with van der Waals surface area (Å²) in [5.41, 5.74) is 0.228. The Bertz CT molecular complexity index is 1450. The number of aromatic amines is 1.